The van der Waals surface area contributed by atoms with Crippen LogP contribution in [0.4, 0.5) is 8.78 Å². The Morgan fingerprint density at radius 3 is 2.25 bits per heavy atom. The van der Waals surface area contributed by atoms with Gasteiger partial charge in [0, 0.05) is 6.42 Å². The largest absolute Gasteiger partial charge is 0.390 e. The number of halogens is 2. The third-order valence-electron chi connectivity index (χ3n) is 2.54. The molecule has 72 valence electrons. The van der Waals surface area contributed by atoms with Crippen LogP contribution >= 0.6 is 0 Å². The van der Waals surface area contributed by atoms with Crippen LogP contribution in [0.2, 0.25) is 0 Å². The van der Waals surface area contributed by atoms with Gasteiger partial charge in [-0.05, 0) is 5.92 Å². The average molecular weight is 178 g/mol. The third-order valence-corrected chi connectivity index (χ3v) is 2.54. The van der Waals surface area contributed by atoms with Gasteiger partial charge in [0.15, 0.2) is 0 Å². The number of alkyl halides is 2. The van der Waals surface area contributed by atoms with Crippen molar-refractivity contribution >= 4 is 0 Å². The van der Waals surface area contributed by atoms with Gasteiger partial charge in [-0.2, -0.15) is 0 Å². The molecule has 1 rings (SSSR count). The van der Waals surface area contributed by atoms with Crippen LogP contribution in [0.25, 0.3) is 0 Å². The van der Waals surface area contributed by atoms with E-state index in [1.807, 2.05) is 0 Å². The molecular weight excluding hydrogens is 162 g/mol. The van der Waals surface area contributed by atoms with E-state index < -0.39 is 12.5 Å². The smallest absolute Gasteiger partial charge is 0.270 e. The van der Waals surface area contributed by atoms with E-state index in [0.717, 1.165) is 25.7 Å². The minimum absolute atomic E-state index is 0.122. The predicted octanol–water partition coefficient (Wildman–Crippen LogP) is 2.58. The summed E-state index contributed by atoms with van der Waals surface area (Å²) in [4.78, 5) is 0. The summed E-state index contributed by atoms with van der Waals surface area (Å²) in [5, 5.41) is 8.37. The summed E-state index contributed by atoms with van der Waals surface area (Å²) in [7, 11) is 0. The molecule has 0 aromatic carbocycles. The van der Waals surface area contributed by atoms with Crippen molar-refractivity contribution in [2.24, 2.45) is 5.92 Å². The fourth-order valence-corrected chi connectivity index (χ4v) is 1.88. The first-order valence-corrected chi connectivity index (χ1v) is 4.63. The molecule has 1 N–H and O–H groups in total. The normalized spacial score (nSPS) is 21.2. The molecule has 1 aliphatic rings. The maximum Gasteiger partial charge on any atom is 0.270 e. The number of hydrogen-bond acceptors (Lipinski definition) is 1. The molecule has 0 bridgehead atoms. The van der Waals surface area contributed by atoms with E-state index in [0.29, 0.717) is 0 Å². The van der Waals surface area contributed by atoms with Gasteiger partial charge in [0.25, 0.3) is 5.92 Å². The van der Waals surface area contributed by atoms with Crippen molar-refractivity contribution in [1.29, 1.82) is 0 Å². The van der Waals surface area contributed by atoms with Gasteiger partial charge in [-0.3, -0.25) is 0 Å². The van der Waals surface area contributed by atoms with Crippen LogP contribution in [0.5, 0.6) is 0 Å². The van der Waals surface area contributed by atoms with Crippen LogP contribution in [0.3, 0.4) is 0 Å². The van der Waals surface area contributed by atoms with Crippen LogP contribution in [-0.4, -0.2) is 17.6 Å². The first kappa shape index (κ1) is 9.90. The number of aliphatic hydroxyl groups is 1. The molecule has 0 radical (unpaired) electrons. The molecule has 12 heavy (non-hydrogen) atoms. The van der Waals surface area contributed by atoms with Gasteiger partial charge in [0.2, 0.25) is 0 Å². The molecule has 1 nitrogen and oxygen atoms in total. The molecule has 0 amide bonds. The van der Waals surface area contributed by atoms with E-state index in [1.165, 1.54) is 6.42 Å². The van der Waals surface area contributed by atoms with Crippen molar-refractivity contribution in [2.45, 2.75) is 44.4 Å². The zero-order chi connectivity index (χ0) is 9.03. The summed E-state index contributed by atoms with van der Waals surface area (Å²) in [5.41, 5.74) is 0. The van der Waals surface area contributed by atoms with Crippen LogP contribution in [0.15, 0.2) is 0 Å². The summed E-state index contributed by atoms with van der Waals surface area (Å²) in [6.45, 7) is -0.997. The molecule has 0 aromatic heterocycles. The number of rotatable bonds is 3. The highest BCUT2D eigenvalue weighted by Crippen LogP contribution is 2.32. The van der Waals surface area contributed by atoms with E-state index in [1.54, 1.807) is 0 Å². The minimum atomic E-state index is -2.85. The van der Waals surface area contributed by atoms with Gasteiger partial charge in [-0.1, -0.05) is 32.1 Å². The average Bonchev–Trinajstić information content (AvgIpc) is 2.06. The van der Waals surface area contributed by atoms with E-state index in [4.69, 9.17) is 5.11 Å². The van der Waals surface area contributed by atoms with E-state index in [9.17, 15) is 8.78 Å². The Labute approximate surface area is 71.8 Å². The van der Waals surface area contributed by atoms with Gasteiger partial charge >= 0.3 is 0 Å². The maximum atomic E-state index is 12.7. The lowest BCUT2D eigenvalue weighted by Crippen LogP contribution is -2.26. The molecule has 0 aromatic rings. The number of hydrogen-bond donors (Lipinski definition) is 1. The number of aliphatic hydroxyl groups excluding tert-OH is 1. The molecule has 1 fully saturated rings. The molecule has 0 atom stereocenters. The second-order valence-electron chi connectivity index (χ2n) is 3.72. The molecule has 1 saturated carbocycles. The standard InChI is InChI=1S/C9H16F2O/c10-9(11,7-12)6-8-4-2-1-3-5-8/h8,12H,1-7H2. The molecule has 0 unspecified atom stereocenters. The molecule has 1 aliphatic carbocycles. The topological polar surface area (TPSA) is 20.2 Å². The van der Waals surface area contributed by atoms with Crippen molar-refractivity contribution in [3.63, 3.8) is 0 Å². The second kappa shape index (κ2) is 4.17. The molecule has 0 saturated heterocycles. The Morgan fingerprint density at radius 1 is 1.17 bits per heavy atom. The fourth-order valence-electron chi connectivity index (χ4n) is 1.88. The van der Waals surface area contributed by atoms with Crippen molar-refractivity contribution < 1.29 is 13.9 Å². The lowest BCUT2D eigenvalue weighted by Gasteiger charge is -2.25. The van der Waals surface area contributed by atoms with Crippen LogP contribution in [0, 0.1) is 5.92 Å². The monoisotopic (exact) mass is 178 g/mol. The maximum absolute atomic E-state index is 12.7. The summed E-state index contributed by atoms with van der Waals surface area (Å²) in [6.07, 6.45) is 5.04. The fraction of sp³-hybridized carbons (Fsp3) is 1.00. The Morgan fingerprint density at radius 2 is 1.75 bits per heavy atom. The first-order valence-electron chi connectivity index (χ1n) is 4.63. The van der Waals surface area contributed by atoms with Gasteiger partial charge in [0.05, 0.1) is 0 Å². The molecule has 0 spiro atoms. The zero-order valence-electron chi connectivity index (χ0n) is 7.23. The molecule has 0 aliphatic heterocycles. The highest BCUT2D eigenvalue weighted by atomic mass is 19.3. The van der Waals surface area contributed by atoms with Gasteiger partial charge < -0.3 is 5.11 Å². The highest BCUT2D eigenvalue weighted by molar-refractivity contribution is 4.74. The second-order valence-corrected chi connectivity index (χ2v) is 3.72. The van der Waals surface area contributed by atoms with E-state index in [-0.39, 0.29) is 12.3 Å². The lowest BCUT2D eigenvalue weighted by atomic mass is 9.85. The Kier molecular flexibility index (Phi) is 3.44. The summed E-state index contributed by atoms with van der Waals surface area (Å²) >= 11 is 0. The van der Waals surface area contributed by atoms with Crippen molar-refractivity contribution in [1.82, 2.24) is 0 Å². The third kappa shape index (κ3) is 3.05. The lowest BCUT2D eigenvalue weighted by molar-refractivity contribution is -0.0706. The van der Waals surface area contributed by atoms with Crippen LogP contribution in [-0.2, 0) is 0 Å². The Hall–Kier alpha value is -0.180. The highest BCUT2D eigenvalue weighted by Gasteiger charge is 2.31. The molecular formula is C9H16F2O. The molecule has 3 heteroatoms. The zero-order valence-corrected chi connectivity index (χ0v) is 7.23. The van der Waals surface area contributed by atoms with Gasteiger partial charge in [0.1, 0.15) is 6.61 Å². The van der Waals surface area contributed by atoms with E-state index >= 15 is 0 Å². The summed E-state index contributed by atoms with van der Waals surface area (Å²) in [5.74, 6) is -2.71. The SMILES string of the molecule is OCC(F)(F)CC1CCCCC1. The Balaban J connectivity index is 2.28. The van der Waals surface area contributed by atoms with Crippen LogP contribution < -0.4 is 0 Å². The van der Waals surface area contributed by atoms with E-state index in [2.05, 4.69) is 0 Å². The van der Waals surface area contributed by atoms with Crippen molar-refractivity contribution in [3.05, 3.63) is 0 Å². The summed E-state index contributed by atoms with van der Waals surface area (Å²) < 4.78 is 25.4. The molecule has 0 heterocycles. The quantitative estimate of drug-likeness (QED) is 0.704. The van der Waals surface area contributed by atoms with Gasteiger partial charge in [-0.15, -0.1) is 0 Å². The van der Waals surface area contributed by atoms with Crippen LogP contribution in [0.1, 0.15) is 38.5 Å². The van der Waals surface area contributed by atoms with Crippen molar-refractivity contribution in [3.8, 4) is 0 Å². The first-order chi connectivity index (χ1) is 5.64. The summed E-state index contributed by atoms with van der Waals surface area (Å²) in [6, 6.07) is 0. The van der Waals surface area contributed by atoms with Crippen molar-refractivity contribution in [2.75, 3.05) is 6.61 Å². The predicted molar refractivity (Wildman–Crippen MR) is 43.2 cm³/mol. The van der Waals surface area contributed by atoms with Gasteiger partial charge in [-0.25, -0.2) is 8.78 Å². The minimum Gasteiger partial charge on any atom is -0.390 e. The Bertz CT molecular complexity index is 130.